The van der Waals surface area contributed by atoms with Crippen LogP contribution in [-0.2, 0) is 14.3 Å². The number of nitrogens with zero attached hydrogens (tertiary/aromatic N) is 4. The fourth-order valence-electron chi connectivity index (χ4n) is 4.45. The van der Waals surface area contributed by atoms with Crippen LogP contribution in [0.3, 0.4) is 0 Å². The van der Waals surface area contributed by atoms with Crippen molar-refractivity contribution >= 4 is 23.2 Å². The van der Waals surface area contributed by atoms with Gasteiger partial charge in [-0.05, 0) is 55.8 Å². The molecule has 2 aliphatic heterocycles. The van der Waals surface area contributed by atoms with Crippen LogP contribution in [0.1, 0.15) is 60.8 Å². The SMILES string of the molecule is CCN1CCN(CC(C)(C)CCOCCCOCCC(C)(C)CN2C(=O)CN(CC)C2=S)C1. The molecule has 0 unspecified atom stereocenters. The molecule has 0 aliphatic carbocycles. The second-order valence-corrected chi connectivity index (χ2v) is 11.5. The number of carbonyl (C=O) groups excluding carboxylic acids is 1. The highest BCUT2D eigenvalue weighted by Gasteiger charge is 2.35. The first-order valence-electron chi connectivity index (χ1n) is 12.8. The van der Waals surface area contributed by atoms with Gasteiger partial charge in [0.05, 0.1) is 13.2 Å². The van der Waals surface area contributed by atoms with Gasteiger partial charge in [0.25, 0.3) is 0 Å². The fourth-order valence-corrected chi connectivity index (χ4v) is 4.81. The van der Waals surface area contributed by atoms with Gasteiger partial charge in [0.2, 0.25) is 5.91 Å². The molecule has 0 radical (unpaired) electrons. The predicted octanol–water partition coefficient (Wildman–Crippen LogP) is 3.29. The van der Waals surface area contributed by atoms with Gasteiger partial charge in [-0.1, -0.05) is 34.6 Å². The summed E-state index contributed by atoms with van der Waals surface area (Å²) >= 11 is 5.46. The maximum absolute atomic E-state index is 12.3. The predicted molar refractivity (Wildman–Crippen MR) is 138 cm³/mol. The summed E-state index contributed by atoms with van der Waals surface area (Å²) in [6.45, 7) is 23.9. The molecular formula is C25H48N4O3S. The standard InChI is InChI=1S/C25H48N4O3S/c1-7-26-12-13-27(21-26)19-24(3,4)10-16-31-14-9-15-32-17-11-25(5,6)20-29-22(30)18-28(8-2)23(29)33/h7-21H2,1-6H3. The van der Waals surface area contributed by atoms with E-state index in [1.54, 1.807) is 4.90 Å². The molecule has 0 bridgehead atoms. The summed E-state index contributed by atoms with van der Waals surface area (Å²) < 4.78 is 11.7. The minimum absolute atomic E-state index is 0.0327. The van der Waals surface area contributed by atoms with Gasteiger partial charge in [-0.2, -0.15) is 0 Å². The number of hydrogen-bond donors (Lipinski definition) is 0. The Morgan fingerprint density at radius 3 is 1.94 bits per heavy atom. The van der Waals surface area contributed by atoms with Crippen LogP contribution >= 0.6 is 12.2 Å². The van der Waals surface area contributed by atoms with E-state index in [9.17, 15) is 4.79 Å². The third-order valence-corrected chi connectivity index (χ3v) is 7.23. The maximum atomic E-state index is 12.3. The van der Waals surface area contributed by atoms with E-state index < -0.39 is 0 Å². The molecular weight excluding hydrogens is 436 g/mol. The molecule has 0 aromatic heterocycles. The zero-order chi connectivity index (χ0) is 24.5. The molecule has 8 heteroatoms. The number of amides is 1. The topological polar surface area (TPSA) is 48.5 Å². The Labute approximate surface area is 207 Å². The largest absolute Gasteiger partial charge is 0.381 e. The number of rotatable bonds is 16. The smallest absolute Gasteiger partial charge is 0.248 e. The molecule has 2 saturated heterocycles. The van der Waals surface area contributed by atoms with E-state index in [2.05, 4.69) is 44.4 Å². The third kappa shape index (κ3) is 9.76. The van der Waals surface area contributed by atoms with E-state index in [-0.39, 0.29) is 16.7 Å². The minimum atomic E-state index is -0.0327. The van der Waals surface area contributed by atoms with Crippen molar-refractivity contribution < 1.29 is 14.3 Å². The molecule has 0 spiro atoms. The average molecular weight is 485 g/mol. The van der Waals surface area contributed by atoms with Crippen LogP contribution < -0.4 is 0 Å². The highest BCUT2D eigenvalue weighted by molar-refractivity contribution is 7.80. The van der Waals surface area contributed by atoms with Crippen molar-refractivity contribution in [1.29, 1.82) is 0 Å². The van der Waals surface area contributed by atoms with Crippen LogP contribution in [0.5, 0.6) is 0 Å². The summed E-state index contributed by atoms with van der Waals surface area (Å²) in [4.78, 5) is 21.0. The van der Waals surface area contributed by atoms with Crippen LogP contribution in [0, 0.1) is 10.8 Å². The van der Waals surface area contributed by atoms with Gasteiger partial charge < -0.3 is 14.4 Å². The van der Waals surface area contributed by atoms with Gasteiger partial charge in [-0.25, -0.2) is 0 Å². The van der Waals surface area contributed by atoms with Crippen LogP contribution in [0.4, 0.5) is 0 Å². The molecule has 0 aromatic carbocycles. The molecule has 2 heterocycles. The summed E-state index contributed by atoms with van der Waals surface area (Å²) in [6.07, 6.45) is 2.89. The van der Waals surface area contributed by atoms with Crippen molar-refractivity contribution in [3.8, 4) is 0 Å². The van der Waals surface area contributed by atoms with E-state index in [1.807, 2.05) is 11.8 Å². The third-order valence-electron chi connectivity index (χ3n) is 6.75. The molecule has 0 atom stereocenters. The van der Waals surface area contributed by atoms with Crippen LogP contribution in [0.15, 0.2) is 0 Å². The monoisotopic (exact) mass is 484 g/mol. The van der Waals surface area contributed by atoms with E-state index >= 15 is 0 Å². The lowest BCUT2D eigenvalue weighted by Gasteiger charge is -2.30. The lowest BCUT2D eigenvalue weighted by molar-refractivity contribution is -0.126. The molecule has 0 aromatic rings. The molecule has 2 fully saturated rings. The van der Waals surface area contributed by atoms with Crippen molar-refractivity contribution in [3.63, 3.8) is 0 Å². The van der Waals surface area contributed by atoms with Gasteiger partial charge in [-0.3, -0.25) is 19.5 Å². The molecule has 7 nitrogen and oxygen atoms in total. The number of likely N-dealkylation sites (N-methyl/N-ethyl adjacent to an activating group) is 2. The summed E-state index contributed by atoms with van der Waals surface area (Å²) in [7, 11) is 0. The fraction of sp³-hybridized carbons (Fsp3) is 0.920. The first-order valence-corrected chi connectivity index (χ1v) is 13.2. The summed E-state index contributed by atoms with van der Waals surface area (Å²) in [5, 5.41) is 0.667. The van der Waals surface area contributed by atoms with Gasteiger partial charge >= 0.3 is 0 Å². The quantitative estimate of drug-likeness (QED) is 0.246. The Morgan fingerprint density at radius 1 is 0.848 bits per heavy atom. The highest BCUT2D eigenvalue weighted by Crippen LogP contribution is 2.25. The number of thiocarbonyl (C=S) groups is 1. The molecule has 0 N–H and O–H groups in total. The molecule has 192 valence electrons. The van der Waals surface area contributed by atoms with Gasteiger partial charge in [0, 0.05) is 59.2 Å². The Morgan fingerprint density at radius 2 is 1.42 bits per heavy atom. The highest BCUT2D eigenvalue weighted by atomic mass is 32.1. The number of ether oxygens (including phenoxy) is 2. The second-order valence-electron chi connectivity index (χ2n) is 11.1. The Bertz CT molecular complexity index is 629. The average Bonchev–Trinajstić information content (AvgIpc) is 3.30. The second kappa shape index (κ2) is 13.3. The number of hydrogen-bond acceptors (Lipinski definition) is 6. The Hall–Kier alpha value is -0.800. The van der Waals surface area contributed by atoms with E-state index in [1.165, 1.54) is 13.1 Å². The summed E-state index contributed by atoms with van der Waals surface area (Å²) in [5.41, 5.74) is 0.244. The van der Waals surface area contributed by atoms with Crippen LogP contribution in [0.2, 0.25) is 0 Å². The molecule has 0 saturated carbocycles. The van der Waals surface area contributed by atoms with E-state index in [0.29, 0.717) is 31.4 Å². The molecule has 2 rings (SSSR count). The molecule has 33 heavy (non-hydrogen) atoms. The van der Waals surface area contributed by atoms with Crippen molar-refractivity contribution in [2.24, 2.45) is 10.8 Å². The van der Waals surface area contributed by atoms with Crippen molar-refractivity contribution in [3.05, 3.63) is 0 Å². The zero-order valence-electron chi connectivity index (χ0n) is 22.0. The first-order chi connectivity index (χ1) is 15.6. The first kappa shape index (κ1) is 28.4. The van der Waals surface area contributed by atoms with Crippen molar-refractivity contribution in [1.82, 2.24) is 19.6 Å². The van der Waals surface area contributed by atoms with Crippen molar-refractivity contribution in [2.75, 3.05) is 78.9 Å². The Kier molecular flexibility index (Phi) is 11.5. The van der Waals surface area contributed by atoms with Crippen LogP contribution in [0.25, 0.3) is 0 Å². The van der Waals surface area contributed by atoms with Gasteiger partial charge in [-0.15, -0.1) is 0 Å². The number of carbonyl (C=O) groups is 1. The summed E-state index contributed by atoms with van der Waals surface area (Å²) in [6, 6.07) is 0. The van der Waals surface area contributed by atoms with E-state index in [0.717, 1.165) is 58.8 Å². The van der Waals surface area contributed by atoms with Gasteiger partial charge in [0.1, 0.15) is 0 Å². The molecule has 2 aliphatic rings. The minimum Gasteiger partial charge on any atom is -0.381 e. The lowest BCUT2D eigenvalue weighted by Crippen LogP contribution is -2.40. The normalized spacial score (nSPS) is 18.8. The van der Waals surface area contributed by atoms with Crippen LogP contribution in [-0.4, -0.2) is 110 Å². The van der Waals surface area contributed by atoms with Crippen molar-refractivity contribution in [2.45, 2.75) is 60.8 Å². The maximum Gasteiger partial charge on any atom is 0.248 e. The molecule has 1 amide bonds. The van der Waals surface area contributed by atoms with Gasteiger partial charge in [0.15, 0.2) is 5.11 Å². The van der Waals surface area contributed by atoms with E-state index in [4.69, 9.17) is 21.7 Å². The summed E-state index contributed by atoms with van der Waals surface area (Å²) in [5.74, 6) is 0.111. The zero-order valence-corrected chi connectivity index (χ0v) is 22.8. The Balaban J connectivity index is 1.50. The lowest BCUT2D eigenvalue weighted by atomic mass is 9.89.